The summed E-state index contributed by atoms with van der Waals surface area (Å²) in [5.74, 6) is 0.557. The average molecular weight is 596 g/mol. The molecular weight excluding hydrogens is 569 g/mol. The van der Waals surface area contributed by atoms with Gasteiger partial charge in [0.2, 0.25) is 0 Å². The van der Waals surface area contributed by atoms with E-state index in [4.69, 9.17) is 9.15 Å². The number of benzene rings is 2. The maximum Gasteiger partial charge on any atom is 0.158 e. The van der Waals surface area contributed by atoms with Crippen molar-refractivity contribution in [2.75, 3.05) is 51.7 Å². The first-order valence-electron chi connectivity index (χ1n) is 12.0. The molecule has 0 atom stereocenters. The lowest BCUT2D eigenvalue weighted by Gasteiger charge is -2.32. The number of halogens is 1. The van der Waals surface area contributed by atoms with Gasteiger partial charge in [0.15, 0.2) is 5.58 Å². The summed E-state index contributed by atoms with van der Waals surface area (Å²) in [5, 5.41) is 26.9. The summed E-state index contributed by atoms with van der Waals surface area (Å²) in [5.41, 5.74) is 3.64. The Bertz CT molecular complexity index is 1420. The Morgan fingerprint density at radius 2 is 2.03 bits per heavy atom. The number of furan rings is 1. The van der Waals surface area contributed by atoms with Crippen molar-refractivity contribution < 1.29 is 14.3 Å². The molecule has 1 saturated heterocycles. The van der Waals surface area contributed by atoms with Crippen LogP contribution in [0.3, 0.4) is 0 Å². The van der Waals surface area contributed by atoms with Crippen molar-refractivity contribution in [3.05, 3.63) is 57.5 Å². The van der Waals surface area contributed by atoms with Crippen molar-refractivity contribution in [3.8, 4) is 11.8 Å². The van der Waals surface area contributed by atoms with Crippen molar-refractivity contribution in [3.63, 3.8) is 0 Å². The lowest BCUT2D eigenvalue weighted by Crippen LogP contribution is -2.44. The number of nitriles is 1. The molecule has 1 radical (unpaired) electrons. The number of nitrogens with one attached hydrogen (secondary N) is 1. The van der Waals surface area contributed by atoms with Crippen LogP contribution in [-0.4, -0.2) is 61.2 Å². The second-order valence-electron chi connectivity index (χ2n) is 9.01. The minimum atomic E-state index is -0.425. The third-order valence-corrected chi connectivity index (χ3v) is 7.56. The van der Waals surface area contributed by atoms with E-state index in [0.717, 1.165) is 53.8 Å². The monoisotopic (exact) mass is 596 g/mol. The largest absolute Gasteiger partial charge is 0.493 e. The van der Waals surface area contributed by atoms with E-state index in [1.165, 1.54) is 0 Å². The second-order valence-corrected chi connectivity index (χ2v) is 10.2. The molecule has 5 rings (SSSR count). The molecule has 1 fully saturated rings. The van der Waals surface area contributed by atoms with E-state index in [1.54, 1.807) is 24.6 Å². The highest BCUT2D eigenvalue weighted by Gasteiger charge is 2.17. The molecule has 8 nitrogen and oxygen atoms in total. The molecule has 0 unspecified atom stereocenters. The molecule has 0 amide bonds. The van der Waals surface area contributed by atoms with Gasteiger partial charge in [-0.15, -0.1) is 0 Å². The first-order chi connectivity index (χ1) is 17.6. The van der Waals surface area contributed by atoms with Crippen LogP contribution >= 0.6 is 22.6 Å². The van der Waals surface area contributed by atoms with Crippen molar-refractivity contribution in [1.82, 2.24) is 14.8 Å². The molecule has 1 N–H and O–H groups in total. The van der Waals surface area contributed by atoms with Crippen LogP contribution in [-0.2, 0) is 11.7 Å². The molecule has 2 aromatic carbocycles. The van der Waals surface area contributed by atoms with E-state index in [-0.39, 0.29) is 0 Å². The zero-order valence-electron chi connectivity index (χ0n) is 20.1. The third kappa shape index (κ3) is 5.13. The molecular formula is C27H27IN5O3. The molecule has 2 aromatic heterocycles. The number of aromatic nitrogens is 1. The van der Waals surface area contributed by atoms with E-state index in [1.807, 2.05) is 18.2 Å². The van der Waals surface area contributed by atoms with Gasteiger partial charge in [-0.05, 0) is 60.3 Å². The summed E-state index contributed by atoms with van der Waals surface area (Å²) in [6.45, 7) is 5.41. The van der Waals surface area contributed by atoms with Crippen LogP contribution in [0.2, 0.25) is 0 Å². The number of piperazine rings is 1. The van der Waals surface area contributed by atoms with Crippen LogP contribution < -0.4 is 10.1 Å². The maximum atomic E-state index is 12.1. The molecule has 3 heterocycles. The number of hydrogen-bond acceptors (Lipinski definition) is 7. The van der Waals surface area contributed by atoms with Crippen molar-refractivity contribution >= 4 is 55.8 Å². The average Bonchev–Trinajstić information content (AvgIpc) is 3.40. The SMILES string of the molecule is CN1CCN(CCCOc2cc3ncc(C#N)c(Nc4ccc(I)c5ccoc45)c3cc2C[O])CC1. The summed E-state index contributed by atoms with van der Waals surface area (Å²) in [6, 6.07) is 11.6. The Balaban J connectivity index is 1.39. The molecule has 0 bridgehead atoms. The molecule has 4 aromatic rings. The zero-order chi connectivity index (χ0) is 25.1. The first-order valence-corrected chi connectivity index (χ1v) is 13.1. The van der Waals surface area contributed by atoms with E-state index in [0.29, 0.717) is 45.7 Å². The van der Waals surface area contributed by atoms with E-state index >= 15 is 0 Å². The third-order valence-electron chi connectivity index (χ3n) is 6.62. The smallest absolute Gasteiger partial charge is 0.158 e. The highest BCUT2D eigenvalue weighted by Crippen LogP contribution is 2.36. The van der Waals surface area contributed by atoms with E-state index in [2.05, 4.69) is 55.8 Å². The highest BCUT2D eigenvalue weighted by atomic mass is 127. The molecule has 185 valence electrons. The van der Waals surface area contributed by atoms with Gasteiger partial charge in [0, 0.05) is 64.9 Å². The van der Waals surface area contributed by atoms with E-state index < -0.39 is 6.61 Å². The second kappa shape index (κ2) is 11.0. The fourth-order valence-corrected chi connectivity index (χ4v) is 5.14. The highest BCUT2D eigenvalue weighted by molar-refractivity contribution is 14.1. The molecule has 0 aliphatic carbocycles. The van der Waals surface area contributed by atoms with Crippen molar-refractivity contribution in [2.24, 2.45) is 0 Å². The van der Waals surface area contributed by atoms with Crippen LogP contribution in [0.15, 0.2) is 47.2 Å². The predicted molar refractivity (Wildman–Crippen MR) is 147 cm³/mol. The maximum absolute atomic E-state index is 12.1. The fourth-order valence-electron chi connectivity index (χ4n) is 4.53. The number of fused-ring (bicyclic) bond motifs is 2. The summed E-state index contributed by atoms with van der Waals surface area (Å²) < 4.78 is 12.8. The molecule has 0 saturated carbocycles. The molecule has 1 aliphatic heterocycles. The Morgan fingerprint density at radius 3 is 2.81 bits per heavy atom. The van der Waals surface area contributed by atoms with Crippen LogP contribution in [0.5, 0.6) is 5.75 Å². The lowest BCUT2D eigenvalue weighted by molar-refractivity contribution is 0.144. The Morgan fingerprint density at radius 1 is 1.19 bits per heavy atom. The van der Waals surface area contributed by atoms with Crippen LogP contribution in [0, 0.1) is 14.9 Å². The number of ether oxygens (including phenoxy) is 1. The summed E-state index contributed by atoms with van der Waals surface area (Å²) in [7, 11) is 2.15. The predicted octanol–water partition coefficient (Wildman–Crippen LogP) is 5.15. The van der Waals surface area contributed by atoms with Gasteiger partial charge in [-0.2, -0.15) is 5.26 Å². The van der Waals surface area contributed by atoms with Gasteiger partial charge in [0.1, 0.15) is 18.4 Å². The van der Waals surface area contributed by atoms with Gasteiger partial charge in [-0.3, -0.25) is 4.98 Å². The minimum Gasteiger partial charge on any atom is -0.493 e. The van der Waals surface area contributed by atoms with Crippen LogP contribution in [0.1, 0.15) is 17.5 Å². The molecule has 0 spiro atoms. The van der Waals surface area contributed by atoms with Gasteiger partial charge in [-0.25, -0.2) is 5.11 Å². The minimum absolute atomic E-state index is 0.387. The Labute approximate surface area is 223 Å². The quantitative estimate of drug-likeness (QED) is 0.222. The number of pyridine rings is 1. The molecule has 1 aliphatic rings. The first kappa shape index (κ1) is 24.8. The van der Waals surface area contributed by atoms with E-state index in [9.17, 15) is 10.4 Å². The fraction of sp³-hybridized carbons (Fsp3) is 0.333. The number of nitrogens with zero attached hydrogens (tertiary/aromatic N) is 4. The van der Waals surface area contributed by atoms with Gasteiger partial charge in [-0.1, -0.05) is 0 Å². The number of likely N-dealkylation sites (N-methyl/N-ethyl adjacent to an activating group) is 1. The number of hydrogen-bond donors (Lipinski definition) is 1. The topological polar surface area (TPSA) is 97.5 Å². The number of anilines is 2. The van der Waals surface area contributed by atoms with Crippen LogP contribution in [0.25, 0.3) is 21.9 Å². The normalized spacial score (nSPS) is 14.8. The Kier molecular flexibility index (Phi) is 7.57. The standard InChI is InChI=1S/C27H27IN5O3/c1-32-7-9-33(10-8-32)6-2-11-35-25-14-24-21(13-18(25)17-34)26(19(15-29)16-30-24)31-23-4-3-22(28)20-5-12-36-27(20)23/h3-5,12-14,16H,2,6-11,17H2,1H3,(H,30,31). The molecule has 9 heteroatoms. The zero-order valence-corrected chi connectivity index (χ0v) is 22.2. The van der Waals surface area contributed by atoms with Gasteiger partial charge in [0.05, 0.1) is 35.3 Å². The van der Waals surface area contributed by atoms with Gasteiger partial charge >= 0.3 is 0 Å². The lowest BCUT2D eigenvalue weighted by atomic mass is 10.1. The van der Waals surface area contributed by atoms with Crippen LogP contribution in [0.4, 0.5) is 11.4 Å². The van der Waals surface area contributed by atoms with Gasteiger partial charge < -0.3 is 24.3 Å². The summed E-state index contributed by atoms with van der Waals surface area (Å²) in [6.07, 6.45) is 4.08. The van der Waals surface area contributed by atoms with Crippen molar-refractivity contribution in [1.29, 1.82) is 5.26 Å². The summed E-state index contributed by atoms with van der Waals surface area (Å²) >= 11 is 2.27. The van der Waals surface area contributed by atoms with Crippen molar-refractivity contribution in [2.45, 2.75) is 13.0 Å². The molecule has 36 heavy (non-hydrogen) atoms. The van der Waals surface area contributed by atoms with Gasteiger partial charge in [0.25, 0.3) is 0 Å². The Hall–Kier alpha value is -2.91. The number of rotatable bonds is 8. The summed E-state index contributed by atoms with van der Waals surface area (Å²) in [4.78, 5) is 9.27.